The highest BCUT2D eigenvalue weighted by Crippen LogP contribution is 2.41. The van der Waals surface area contributed by atoms with Gasteiger partial charge in [-0.15, -0.1) is 0 Å². The number of hydrogen-bond acceptors (Lipinski definition) is 2. The third-order valence-corrected chi connectivity index (χ3v) is 5.75. The standard InChI is InChI=1S/C20H30N2O/c1-16-8-3-4-10-18(16)20(11-5-2-6-12-20)19(23)22-15-17-9-7-13-21-14-17/h3-4,8,10,17,21H,2,5-7,9,11-15H2,1H3,(H,22,23). The Hall–Kier alpha value is -1.35. The maximum absolute atomic E-state index is 13.2. The third kappa shape index (κ3) is 3.60. The highest BCUT2D eigenvalue weighted by Gasteiger charge is 2.41. The zero-order chi connectivity index (χ0) is 16.1. The number of carbonyl (C=O) groups is 1. The van der Waals surface area contributed by atoms with Gasteiger partial charge in [-0.3, -0.25) is 4.79 Å². The summed E-state index contributed by atoms with van der Waals surface area (Å²) in [4.78, 5) is 13.2. The van der Waals surface area contributed by atoms with E-state index in [4.69, 9.17) is 0 Å². The number of piperidine rings is 1. The van der Waals surface area contributed by atoms with E-state index in [1.807, 2.05) is 0 Å². The molecule has 0 radical (unpaired) electrons. The molecule has 1 aliphatic heterocycles. The number of amides is 1. The van der Waals surface area contributed by atoms with Crippen molar-refractivity contribution in [2.24, 2.45) is 5.92 Å². The molecule has 0 spiro atoms. The van der Waals surface area contributed by atoms with E-state index in [9.17, 15) is 4.79 Å². The first-order valence-corrected chi connectivity index (χ1v) is 9.27. The summed E-state index contributed by atoms with van der Waals surface area (Å²) in [5.74, 6) is 0.849. The fourth-order valence-corrected chi connectivity index (χ4v) is 4.39. The van der Waals surface area contributed by atoms with Crippen LogP contribution in [0.5, 0.6) is 0 Å². The lowest BCUT2D eigenvalue weighted by atomic mass is 9.67. The van der Waals surface area contributed by atoms with Crippen molar-refractivity contribution in [2.45, 2.75) is 57.3 Å². The molecule has 2 fully saturated rings. The maximum Gasteiger partial charge on any atom is 0.230 e. The van der Waals surface area contributed by atoms with Crippen LogP contribution in [0.4, 0.5) is 0 Å². The van der Waals surface area contributed by atoms with Gasteiger partial charge >= 0.3 is 0 Å². The van der Waals surface area contributed by atoms with Crippen LogP contribution < -0.4 is 10.6 Å². The van der Waals surface area contributed by atoms with Crippen molar-refractivity contribution in [1.82, 2.24) is 10.6 Å². The van der Waals surface area contributed by atoms with Crippen LogP contribution in [0.1, 0.15) is 56.1 Å². The SMILES string of the molecule is Cc1ccccc1C1(C(=O)NCC2CCCNC2)CCCCC1. The topological polar surface area (TPSA) is 41.1 Å². The minimum Gasteiger partial charge on any atom is -0.355 e. The summed E-state index contributed by atoms with van der Waals surface area (Å²) in [6, 6.07) is 8.46. The molecule has 1 aromatic rings. The van der Waals surface area contributed by atoms with Crippen LogP contribution in [0.25, 0.3) is 0 Å². The van der Waals surface area contributed by atoms with Crippen LogP contribution in [0.15, 0.2) is 24.3 Å². The van der Waals surface area contributed by atoms with Gasteiger partial charge in [-0.1, -0.05) is 43.5 Å². The average Bonchev–Trinajstić information content (AvgIpc) is 2.61. The zero-order valence-corrected chi connectivity index (χ0v) is 14.4. The summed E-state index contributed by atoms with van der Waals surface area (Å²) in [6.07, 6.45) is 8.01. The van der Waals surface area contributed by atoms with Crippen molar-refractivity contribution >= 4 is 5.91 Å². The summed E-state index contributed by atoms with van der Waals surface area (Å²) in [7, 11) is 0. The van der Waals surface area contributed by atoms with Crippen LogP contribution in [0.3, 0.4) is 0 Å². The molecule has 126 valence electrons. The van der Waals surface area contributed by atoms with Gasteiger partial charge in [0.2, 0.25) is 5.91 Å². The second-order valence-electron chi connectivity index (χ2n) is 7.38. The molecule has 2 N–H and O–H groups in total. The van der Waals surface area contributed by atoms with E-state index in [1.54, 1.807) is 0 Å². The second-order valence-corrected chi connectivity index (χ2v) is 7.38. The Morgan fingerprint density at radius 1 is 1.22 bits per heavy atom. The number of rotatable bonds is 4. The Kier molecular flexibility index (Phi) is 5.37. The molecule has 0 bridgehead atoms. The Balaban J connectivity index is 1.75. The van der Waals surface area contributed by atoms with Crippen LogP contribution in [0, 0.1) is 12.8 Å². The number of aryl methyl sites for hydroxylation is 1. The van der Waals surface area contributed by atoms with Crippen LogP contribution in [0.2, 0.25) is 0 Å². The Morgan fingerprint density at radius 2 is 2.00 bits per heavy atom. The molecule has 2 aliphatic rings. The fraction of sp³-hybridized carbons (Fsp3) is 0.650. The highest BCUT2D eigenvalue weighted by atomic mass is 16.2. The quantitative estimate of drug-likeness (QED) is 0.895. The van der Waals surface area contributed by atoms with Gasteiger partial charge in [-0.25, -0.2) is 0 Å². The van der Waals surface area contributed by atoms with Gasteiger partial charge in [0.15, 0.2) is 0 Å². The molecular weight excluding hydrogens is 284 g/mol. The summed E-state index contributed by atoms with van der Waals surface area (Å²) in [5, 5.41) is 6.75. The Bertz CT molecular complexity index is 528. The molecule has 1 saturated carbocycles. The minimum absolute atomic E-state index is 0.261. The maximum atomic E-state index is 13.2. The molecule has 3 nitrogen and oxygen atoms in total. The minimum atomic E-state index is -0.300. The molecule has 3 rings (SSSR count). The predicted molar refractivity (Wildman–Crippen MR) is 94.5 cm³/mol. The van der Waals surface area contributed by atoms with E-state index >= 15 is 0 Å². The first-order valence-electron chi connectivity index (χ1n) is 9.27. The molecule has 0 aromatic heterocycles. The van der Waals surface area contributed by atoms with E-state index in [2.05, 4.69) is 41.8 Å². The number of carbonyl (C=O) groups excluding carboxylic acids is 1. The van der Waals surface area contributed by atoms with E-state index in [0.29, 0.717) is 5.92 Å². The molecular formula is C20H30N2O. The lowest BCUT2D eigenvalue weighted by Crippen LogP contribution is -2.48. The molecule has 1 aliphatic carbocycles. The number of nitrogens with one attached hydrogen (secondary N) is 2. The van der Waals surface area contributed by atoms with Crippen LogP contribution in [-0.4, -0.2) is 25.5 Å². The van der Waals surface area contributed by atoms with Crippen LogP contribution >= 0.6 is 0 Å². The Morgan fingerprint density at radius 3 is 2.70 bits per heavy atom. The summed E-state index contributed by atoms with van der Waals surface area (Å²) in [6.45, 7) is 5.12. The van der Waals surface area contributed by atoms with Crippen molar-refractivity contribution in [1.29, 1.82) is 0 Å². The first-order chi connectivity index (χ1) is 11.2. The fourth-order valence-electron chi connectivity index (χ4n) is 4.39. The lowest BCUT2D eigenvalue weighted by Gasteiger charge is -2.38. The van der Waals surface area contributed by atoms with Crippen molar-refractivity contribution in [3.63, 3.8) is 0 Å². The van der Waals surface area contributed by atoms with Crippen LogP contribution in [-0.2, 0) is 10.2 Å². The molecule has 1 amide bonds. The number of benzene rings is 1. The van der Waals surface area contributed by atoms with Crippen molar-refractivity contribution < 1.29 is 4.79 Å². The predicted octanol–water partition coefficient (Wildman–Crippen LogP) is 3.31. The molecule has 1 heterocycles. The molecule has 1 atom stereocenters. The lowest BCUT2D eigenvalue weighted by molar-refractivity contribution is -0.128. The molecule has 23 heavy (non-hydrogen) atoms. The van der Waals surface area contributed by atoms with Gasteiger partial charge < -0.3 is 10.6 Å². The normalized spacial score (nSPS) is 24.1. The smallest absolute Gasteiger partial charge is 0.230 e. The molecule has 1 aromatic carbocycles. The monoisotopic (exact) mass is 314 g/mol. The largest absolute Gasteiger partial charge is 0.355 e. The van der Waals surface area contributed by atoms with Gasteiger partial charge in [0.05, 0.1) is 5.41 Å². The molecule has 3 heteroatoms. The average molecular weight is 314 g/mol. The van der Waals surface area contributed by atoms with Crippen molar-refractivity contribution in [2.75, 3.05) is 19.6 Å². The van der Waals surface area contributed by atoms with E-state index < -0.39 is 0 Å². The highest BCUT2D eigenvalue weighted by molar-refractivity contribution is 5.88. The van der Waals surface area contributed by atoms with E-state index in [-0.39, 0.29) is 11.3 Å². The van der Waals surface area contributed by atoms with Crippen molar-refractivity contribution in [3.05, 3.63) is 35.4 Å². The number of hydrogen-bond donors (Lipinski definition) is 2. The second kappa shape index (κ2) is 7.48. The van der Waals surface area contributed by atoms with Gasteiger partial charge in [0.1, 0.15) is 0 Å². The first kappa shape index (κ1) is 16.5. The van der Waals surface area contributed by atoms with E-state index in [1.165, 1.54) is 30.4 Å². The van der Waals surface area contributed by atoms with Gasteiger partial charge in [-0.05, 0) is 62.7 Å². The van der Waals surface area contributed by atoms with Gasteiger partial charge in [0.25, 0.3) is 0 Å². The summed E-state index contributed by atoms with van der Waals surface area (Å²) in [5.41, 5.74) is 2.20. The van der Waals surface area contributed by atoms with E-state index in [0.717, 1.165) is 45.3 Å². The van der Waals surface area contributed by atoms with Crippen molar-refractivity contribution in [3.8, 4) is 0 Å². The van der Waals surface area contributed by atoms with Gasteiger partial charge in [-0.2, -0.15) is 0 Å². The third-order valence-electron chi connectivity index (χ3n) is 5.75. The summed E-state index contributed by atoms with van der Waals surface area (Å²) < 4.78 is 0. The van der Waals surface area contributed by atoms with Gasteiger partial charge in [0, 0.05) is 6.54 Å². The molecule has 1 unspecified atom stereocenters. The zero-order valence-electron chi connectivity index (χ0n) is 14.4. The molecule has 1 saturated heterocycles. The Labute approximate surface area is 140 Å². The summed E-state index contributed by atoms with van der Waals surface area (Å²) >= 11 is 0.